The Bertz CT molecular complexity index is 663. The van der Waals surface area contributed by atoms with Gasteiger partial charge in [-0.2, -0.15) is 0 Å². The molecule has 0 atom stereocenters. The van der Waals surface area contributed by atoms with Gasteiger partial charge in [0.05, 0.1) is 6.54 Å². The van der Waals surface area contributed by atoms with Gasteiger partial charge in [-0.1, -0.05) is 48.5 Å². The van der Waals surface area contributed by atoms with E-state index in [9.17, 15) is 4.79 Å². The van der Waals surface area contributed by atoms with Crippen LogP contribution < -0.4 is 10.6 Å². The molecule has 1 amide bonds. The lowest BCUT2D eigenvalue weighted by molar-refractivity contribution is -0.119. The highest BCUT2D eigenvalue weighted by Gasteiger charge is 2.25. The fraction of sp³-hybridized carbons (Fsp3) is 0.316. The normalized spacial score (nSPS) is 12.8. The number of amides is 1. The van der Waals surface area contributed by atoms with Crippen LogP contribution in [-0.2, 0) is 17.8 Å². The highest BCUT2D eigenvalue weighted by Crippen LogP contribution is 2.27. The predicted molar refractivity (Wildman–Crippen MR) is 101 cm³/mol. The van der Waals surface area contributed by atoms with Crippen molar-refractivity contribution in [1.29, 1.82) is 0 Å². The molecule has 1 aliphatic heterocycles. The molecule has 0 radical (unpaired) electrons. The summed E-state index contributed by atoms with van der Waals surface area (Å²) < 4.78 is 0. The summed E-state index contributed by atoms with van der Waals surface area (Å²) >= 11 is 0. The molecule has 0 aliphatic carbocycles. The Balaban J connectivity index is 0.00000208. The Kier molecular flexibility index (Phi) is 6.79. The van der Waals surface area contributed by atoms with Gasteiger partial charge in [0.15, 0.2) is 0 Å². The Hall–Kier alpha value is -1.88. The third-order valence-corrected chi connectivity index (χ3v) is 4.24. The van der Waals surface area contributed by atoms with E-state index in [1.807, 2.05) is 41.3 Å². The monoisotopic (exact) mass is 345 g/mol. The molecule has 3 rings (SSSR count). The molecule has 0 bridgehead atoms. The maximum absolute atomic E-state index is 12.7. The van der Waals surface area contributed by atoms with Crippen LogP contribution in [0, 0.1) is 0 Å². The van der Waals surface area contributed by atoms with E-state index in [0.29, 0.717) is 13.1 Å². The van der Waals surface area contributed by atoms with E-state index < -0.39 is 0 Å². The van der Waals surface area contributed by atoms with Crippen molar-refractivity contribution < 1.29 is 4.79 Å². The standard InChI is InChI=1S/C19H23N3O.ClH/c20-11-13-21(14-16-6-2-1-3-7-16)15-19(23)22-12-10-17-8-4-5-9-18(17)22;/h1-9H,10-15,20H2;1H. The Morgan fingerprint density at radius 2 is 1.79 bits per heavy atom. The van der Waals surface area contributed by atoms with Gasteiger partial charge in [-0.25, -0.2) is 0 Å². The number of benzene rings is 2. The molecule has 0 unspecified atom stereocenters. The minimum absolute atomic E-state index is 0. The predicted octanol–water partition coefficient (Wildman–Crippen LogP) is 2.46. The molecule has 2 aromatic carbocycles. The SMILES string of the molecule is Cl.NCCN(CC(=O)N1CCc2ccccc21)Cc1ccccc1. The number of carbonyl (C=O) groups is 1. The van der Waals surface area contributed by atoms with Crippen LogP contribution in [0.5, 0.6) is 0 Å². The number of carbonyl (C=O) groups excluding carboxylic acids is 1. The summed E-state index contributed by atoms with van der Waals surface area (Å²) in [5, 5.41) is 0. The molecule has 128 valence electrons. The van der Waals surface area contributed by atoms with Crippen molar-refractivity contribution in [2.75, 3.05) is 31.1 Å². The number of fused-ring (bicyclic) bond motifs is 1. The minimum Gasteiger partial charge on any atom is -0.329 e. The van der Waals surface area contributed by atoms with Crippen molar-refractivity contribution in [2.45, 2.75) is 13.0 Å². The molecule has 0 aromatic heterocycles. The number of anilines is 1. The molecular formula is C19H24ClN3O. The molecule has 2 N–H and O–H groups in total. The quantitative estimate of drug-likeness (QED) is 0.875. The van der Waals surface area contributed by atoms with Gasteiger partial charge in [0.25, 0.3) is 0 Å². The molecule has 1 heterocycles. The van der Waals surface area contributed by atoms with E-state index in [2.05, 4.69) is 23.1 Å². The van der Waals surface area contributed by atoms with Crippen LogP contribution in [-0.4, -0.2) is 37.0 Å². The minimum atomic E-state index is 0. The second-order valence-corrected chi connectivity index (χ2v) is 5.91. The lowest BCUT2D eigenvalue weighted by Crippen LogP contribution is -2.41. The molecule has 24 heavy (non-hydrogen) atoms. The van der Waals surface area contributed by atoms with E-state index in [-0.39, 0.29) is 18.3 Å². The summed E-state index contributed by atoms with van der Waals surface area (Å²) in [5.41, 5.74) is 9.25. The summed E-state index contributed by atoms with van der Waals surface area (Å²) in [6, 6.07) is 18.4. The maximum Gasteiger partial charge on any atom is 0.241 e. The van der Waals surface area contributed by atoms with Crippen molar-refractivity contribution in [3.05, 3.63) is 65.7 Å². The van der Waals surface area contributed by atoms with Gasteiger partial charge in [0, 0.05) is 31.9 Å². The van der Waals surface area contributed by atoms with Gasteiger partial charge in [-0.05, 0) is 23.6 Å². The third kappa shape index (κ3) is 4.35. The van der Waals surface area contributed by atoms with Gasteiger partial charge < -0.3 is 10.6 Å². The number of para-hydroxylation sites is 1. The average Bonchev–Trinajstić information content (AvgIpc) is 3.00. The Labute approximate surface area is 149 Å². The van der Waals surface area contributed by atoms with Crippen molar-refractivity contribution >= 4 is 24.0 Å². The number of halogens is 1. The molecule has 1 aliphatic rings. The van der Waals surface area contributed by atoms with E-state index in [0.717, 1.165) is 31.7 Å². The molecule has 0 saturated carbocycles. The molecule has 0 fully saturated rings. The van der Waals surface area contributed by atoms with E-state index >= 15 is 0 Å². The van der Waals surface area contributed by atoms with Crippen molar-refractivity contribution in [2.24, 2.45) is 5.73 Å². The smallest absolute Gasteiger partial charge is 0.241 e. The molecule has 0 saturated heterocycles. The fourth-order valence-corrected chi connectivity index (χ4v) is 3.11. The number of hydrogen-bond acceptors (Lipinski definition) is 3. The van der Waals surface area contributed by atoms with E-state index in [1.54, 1.807) is 0 Å². The van der Waals surface area contributed by atoms with E-state index in [1.165, 1.54) is 11.1 Å². The zero-order valence-electron chi connectivity index (χ0n) is 13.7. The number of nitrogens with zero attached hydrogens (tertiary/aromatic N) is 2. The lowest BCUT2D eigenvalue weighted by Gasteiger charge is -2.25. The first-order valence-electron chi connectivity index (χ1n) is 8.12. The molecule has 5 heteroatoms. The zero-order chi connectivity index (χ0) is 16.1. The summed E-state index contributed by atoms with van der Waals surface area (Å²) in [5.74, 6) is 0.152. The van der Waals surface area contributed by atoms with Crippen molar-refractivity contribution in [3.63, 3.8) is 0 Å². The topological polar surface area (TPSA) is 49.6 Å². The molecule has 2 aromatic rings. The van der Waals surface area contributed by atoms with Crippen LogP contribution in [0.2, 0.25) is 0 Å². The van der Waals surface area contributed by atoms with Crippen LogP contribution >= 0.6 is 12.4 Å². The number of hydrogen-bond donors (Lipinski definition) is 1. The summed E-state index contributed by atoms with van der Waals surface area (Å²) in [6.07, 6.45) is 0.942. The highest BCUT2D eigenvalue weighted by molar-refractivity contribution is 5.96. The largest absolute Gasteiger partial charge is 0.329 e. The maximum atomic E-state index is 12.7. The highest BCUT2D eigenvalue weighted by atomic mass is 35.5. The van der Waals surface area contributed by atoms with Crippen LogP contribution in [0.1, 0.15) is 11.1 Å². The second kappa shape index (κ2) is 8.83. The van der Waals surface area contributed by atoms with Gasteiger partial charge in [-0.15, -0.1) is 12.4 Å². The van der Waals surface area contributed by atoms with Crippen LogP contribution in [0.25, 0.3) is 0 Å². The van der Waals surface area contributed by atoms with Gasteiger partial charge in [0.1, 0.15) is 0 Å². The summed E-state index contributed by atoms with van der Waals surface area (Å²) in [6.45, 7) is 3.20. The third-order valence-electron chi connectivity index (χ3n) is 4.24. The molecular weight excluding hydrogens is 322 g/mol. The van der Waals surface area contributed by atoms with Crippen LogP contribution in [0.4, 0.5) is 5.69 Å². The Morgan fingerprint density at radius 1 is 1.08 bits per heavy atom. The molecule has 4 nitrogen and oxygen atoms in total. The number of nitrogens with two attached hydrogens (primary N) is 1. The first kappa shape index (κ1) is 18.5. The Morgan fingerprint density at radius 3 is 2.54 bits per heavy atom. The lowest BCUT2D eigenvalue weighted by atomic mass is 10.2. The first-order valence-corrected chi connectivity index (χ1v) is 8.12. The summed E-state index contributed by atoms with van der Waals surface area (Å²) in [4.78, 5) is 16.8. The fourth-order valence-electron chi connectivity index (χ4n) is 3.11. The zero-order valence-corrected chi connectivity index (χ0v) is 14.5. The molecule has 0 spiro atoms. The van der Waals surface area contributed by atoms with Gasteiger partial charge in [-0.3, -0.25) is 9.69 Å². The van der Waals surface area contributed by atoms with E-state index in [4.69, 9.17) is 5.73 Å². The summed E-state index contributed by atoms with van der Waals surface area (Å²) in [7, 11) is 0. The van der Waals surface area contributed by atoms with Crippen molar-refractivity contribution in [1.82, 2.24) is 4.90 Å². The average molecular weight is 346 g/mol. The first-order chi connectivity index (χ1) is 11.3. The van der Waals surface area contributed by atoms with Crippen LogP contribution in [0.15, 0.2) is 54.6 Å². The van der Waals surface area contributed by atoms with Gasteiger partial charge in [0.2, 0.25) is 5.91 Å². The number of rotatable bonds is 6. The van der Waals surface area contributed by atoms with Crippen molar-refractivity contribution in [3.8, 4) is 0 Å². The van der Waals surface area contributed by atoms with Crippen LogP contribution in [0.3, 0.4) is 0 Å². The second-order valence-electron chi connectivity index (χ2n) is 5.91. The van der Waals surface area contributed by atoms with Gasteiger partial charge >= 0.3 is 0 Å².